The van der Waals surface area contributed by atoms with Crippen LogP contribution >= 0.6 is 0 Å². The SMILES string of the molecule is CC(Cc1ccco1)NCCc1ncc[nH]1. The molecule has 0 bridgehead atoms. The van der Waals surface area contributed by atoms with Crippen molar-refractivity contribution in [2.24, 2.45) is 0 Å². The van der Waals surface area contributed by atoms with E-state index in [-0.39, 0.29) is 0 Å². The van der Waals surface area contributed by atoms with Crippen LogP contribution in [0.4, 0.5) is 0 Å². The Labute approximate surface area is 95.1 Å². The average Bonchev–Trinajstić information content (AvgIpc) is 2.90. The molecule has 2 heterocycles. The number of nitrogens with one attached hydrogen (secondary N) is 2. The van der Waals surface area contributed by atoms with Gasteiger partial charge in [0.15, 0.2) is 0 Å². The molecular weight excluding hydrogens is 202 g/mol. The van der Waals surface area contributed by atoms with Gasteiger partial charge in [-0.15, -0.1) is 0 Å². The Morgan fingerprint density at radius 3 is 3.19 bits per heavy atom. The normalized spacial score (nSPS) is 12.8. The molecule has 4 nitrogen and oxygen atoms in total. The first-order chi connectivity index (χ1) is 7.84. The molecular formula is C12H17N3O. The van der Waals surface area contributed by atoms with Crippen molar-refractivity contribution in [1.82, 2.24) is 15.3 Å². The molecule has 0 aliphatic heterocycles. The fraction of sp³-hybridized carbons (Fsp3) is 0.417. The summed E-state index contributed by atoms with van der Waals surface area (Å²) in [6, 6.07) is 4.34. The van der Waals surface area contributed by atoms with Crippen LogP contribution in [0.3, 0.4) is 0 Å². The van der Waals surface area contributed by atoms with Crippen LogP contribution in [0.5, 0.6) is 0 Å². The monoisotopic (exact) mass is 219 g/mol. The van der Waals surface area contributed by atoms with Crippen molar-refractivity contribution < 1.29 is 4.42 Å². The van der Waals surface area contributed by atoms with Crippen LogP contribution in [-0.4, -0.2) is 22.6 Å². The van der Waals surface area contributed by atoms with Gasteiger partial charge < -0.3 is 14.7 Å². The summed E-state index contributed by atoms with van der Waals surface area (Å²) in [6.07, 6.45) is 7.19. The molecule has 0 saturated heterocycles. The maximum absolute atomic E-state index is 5.30. The highest BCUT2D eigenvalue weighted by Crippen LogP contribution is 2.03. The molecule has 1 atom stereocenters. The van der Waals surface area contributed by atoms with Crippen LogP contribution in [0.2, 0.25) is 0 Å². The molecule has 16 heavy (non-hydrogen) atoms. The van der Waals surface area contributed by atoms with E-state index in [1.54, 1.807) is 12.5 Å². The van der Waals surface area contributed by atoms with Crippen LogP contribution in [0, 0.1) is 0 Å². The molecule has 0 aliphatic carbocycles. The molecule has 4 heteroatoms. The summed E-state index contributed by atoms with van der Waals surface area (Å²) in [5.41, 5.74) is 0. The second-order valence-corrected chi connectivity index (χ2v) is 3.92. The summed E-state index contributed by atoms with van der Waals surface area (Å²) in [5.74, 6) is 2.05. The van der Waals surface area contributed by atoms with E-state index in [9.17, 15) is 0 Å². The highest BCUT2D eigenvalue weighted by Gasteiger charge is 2.04. The van der Waals surface area contributed by atoms with Crippen molar-refractivity contribution in [2.75, 3.05) is 6.54 Å². The average molecular weight is 219 g/mol. The van der Waals surface area contributed by atoms with E-state index >= 15 is 0 Å². The second-order valence-electron chi connectivity index (χ2n) is 3.92. The first-order valence-corrected chi connectivity index (χ1v) is 5.58. The number of H-pyrrole nitrogens is 1. The second kappa shape index (κ2) is 5.51. The smallest absolute Gasteiger partial charge is 0.107 e. The third kappa shape index (κ3) is 3.24. The molecule has 0 spiro atoms. The Morgan fingerprint density at radius 2 is 2.50 bits per heavy atom. The number of hydrogen-bond donors (Lipinski definition) is 2. The van der Waals surface area contributed by atoms with Gasteiger partial charge in [-0.25, -0.2) is 4.98 Å². The van der Waals surface area contributed by atoms with Crippen molar-refractivity contribution in [1.29, 1.82) is 0 Å². The van der Waals surface area contributed by atoms with Gasteiger partial charge in [0.2, 0.25) is 0 Å². The van der Waals surface area contributed by atoms with Gasteiger partial charge >= 0.3 is 0 Å². The van der Waals surface area contributed by atoms with Gasteiger partial charge in [0, 0.05) is 37.8 Å². The number of aromatic amines is 1. The van der Waals surface area contributed by atoms with Crippen LogP contribution in [0.15, 0.2) is 35.2 Å². The molecule has 0 radical (unpaired) electrons. The van der Waals surface area contributed by atoms with Crippen LogP contribution in [0.1, 0.15) is 18.5 Å². The minimum Gasteiger partial charge on any atom is -0.469 e. The molecule has 0 aliphatic rings. The zero-order chi connectivity index (χ0) is 11.2. The van der Waals surface area contributed by atoms with E-state index in [2.05, 4.69) is 22.2 Å². The Bertz CT molecular complexity index is 380. The summed E-state index contributed by atoms with van der Waals surface area (Å²) in [4.78, 5) is 7.26. The van der Waals surface area contributed by atoms with E-state index < -0.39 is 0 Å². The summed E-state index contributed by atoms with van der Waals surface area (Å²) in [7, 11) is 0. The zero-order valence-electron chi connectivity index (χ0n) is 9.44. The standard InChI is InChI=1S/C12H17N3O/c1-10(9-11-3-2-8-16-11)13-5-4-12-14-6-7-15-12/h2-3,6-8,10,13H,4-5,9H2,1H3,(H,14,15). The van der Waals surface area contributed by atoms with Gasteiger partial charge in [-0.1, -0.05) is 0 Å². The minimum absolute atomic E-state index is 0.418. The number of furan rings is 1. The Balaban J connectivity index is 1.66. The van der Waals surface area contributed by atoms with Crippen LogP contribution in [-0.2, 0) is 12.8 Å². The Morgan fingerprint density at radius 1 is 1.56 bits per heavy atom. The van der Waals surface area contributed by atoms with Gasteiger partial charge in [-0.05, 0) is 19.1 Å². The predicted molar refractivity (Wildman–Crippen MR) is 62.2 cm³/mol. The predicted octanol–water partition coefficient (Wildman–Crippen LogP) is 1.77. The molecule has 0 amide bonds. The molecule has 86 valence electrons. The molecule has 1 unspecified atom stereocenters. The number of imidazole rings is 1. The maximum atomic E-state index is 5.30. The van der Waals surface area contributed by atoms with Crippen molar-refractivity contribution in [3.8, 4) is 0 Å². The largest absolute Gasteiger partial charge is 0.469 e. The molecule has 2 aromatic heterocycles. The van der Waals surface area contributed by atoms with Gasteiger partial charge in [0.1, 0.15) is 11.6 Å². The maximum Gasteiger partial charge on any atom is 0.107 e. The Kier molecular flexibility index (Phi) is 3.77. The number of rotatable bonds is 6. The first kappa shape index (κ1) is 11.0. The molecule has 0 fully saturated rings. The lowest BCUT2D eigenvalue weighted by atomic mass is 10.2. The third-order valence-electron chi connectivity index (χ3n) is 2.50. The van der Waals surface area contributed by atoms with Crippen molar-refractivity contribution in [2.45, 2.75) is 25.8 Å². The van der Waals surface area contributed by atoms with Gasteiger partial charge in [0.25, 0.3) is 0 Å². The zero-order valence-corrected chi connectivity index (χ0v) is 9.44. The third-order valence-corrected chi connectivity index (χ3v) is 2.50. The van der Waals surface area contributed by atoms with E-state index in [1.807, 2.05) is 18.3 Å². The van der Waals surface area contributed by atoms with Crippen LogP contribution < -0.4 is 5.32 Å². The Hall–Kier alpha value is -1.55. The first-order valence-electron chi connectivity index (χ1n) is 5.58. The van der Waals surface area contributed by atoms with E-state index in [4.69, 9.17) is 4.42 Å². The summed E-state index contributed by atoms with van der Waals surface area (Å²) in [5, 5.41) is 3.44. The fourth-order valence-electron chi connectivity index (χ4n) is 1.67. The lowest BCUT2D eigenvalue weighted by molar-refractivity contribution is 0.457. The molecule has 2 aromatic rings. The lowest BCUT2D eigenvalue weighted by Gasteiger charge is -2.11. The van der Waals surface area contributed by atoms with Crippen molar-refractivity contribution in [3.05, 3.63) is 42.4 Å². The highest BCUT2D eigenvalue weighted by atomic mass is 16.3. The highest BCUT2D eigenvalue weighted by molar-refractivity contribution is 5.00. The fourth-order valence-corrected chi connectivity index (χ4v) is 1.67. The minimum atomic E-state index is 0.418. The number of hydrogen-bond acceptors (Lipinski definition) is 3. The molecule has 2 N–H and O–H groups in total. The quantitative estimate of drug-likeness (QED) is 0.778. The van der Waals surface area contributed by atoms with Gasteiger partial charge in [-0.3, -0.25) is 0 Å². The number of aromatic nitrogens is 2. The topological polar surface area (TPSA) is 53.9 Å². The molecule has 0 saturated carbocycles. The summed E-state index contributed by atoms with van der Waals surface area (Å²) >= 11 is 0. The van der Waals surface area contributed by atoms with Gasteiger partial charge in [0.05, 0.1) is 6.26 Å². The summed E-state index contributed by atoms with van der Waals surface area (Å²) < 4.78 is 5.30. The van der Waals surface area contributed by atoms with E-state index in [1.165, 1.54) is 0 Å². The van der Waals surface area contributed by atoms with Crippen molar-refractivity contribution >= 4 is 0 Å². The van der Waals surface area contributed by atoms with Crippen molar-refractivity contribution in [3.63, 3.8) is 0 Å². The van der Waals surface area contributed by atoms with E-state index in [0.717, 1.165) is 31.0 Å². The van der Waals surface area contributed by atoms with E-state index in [0.29, 0.717) is 6.04 Å². The summed E-state index contributed by atoms with van der Waals surface area (Å²) in [6.45, 7) is 3.08. The lowest BCUT2D eigenvalue weighted by Crippen LogP contribution is -2.30. The molecule has 2 rings (SSSR count). The number of nitrogens with zero attached hydrogens (tertiary/aromatic N) is 1. The molecule has 0 aromatic carbocycles. The van der Waals surface area contributed by atoms with Crippen LogP contribution in [0.25, 0.3) is 0 Å². The van der Waals surface area contributed by atoms with Gasteiger partial charge in [-0.2, -0.15) is 0 Å².